The molecule has 0 aliphatic rings. The topological polar surface area (TPSA) is 69.2 Å². The SMILES string of the molecule is CCCOCCOc1nc(Cl)nc(NC)n1. The van der Waals surface area contributed by atoms with E-state index in [1.165, 1.54) is 0 Å². The molecule has 16 heavy (non-hydrogen) atoms. The van der Waals surface area contributed by atoms with Gasteiger partial charge in [-0.2, -0.15) is 15.0 Å². The molecule has 0 fully saturated rings. The number of rotatable bonds is 7. The average Bonchev–Trinajstić information content (AvgIpc) is 2.28. The summed E-state index contributed by atoms with van der Waals surface area (Å²) in [5.41, 5.74) is 0. The van der Waals surface area contributed by atoms with E-state index in [4.69, 9.17) is 21.1 Å². The van der Waals surface area contributed by atoms with Gasteiger partial charge in [0.15, 0.2) is 0 Å². The number of aromatic nitrogens is 3. The highest BCUT2D eigenvalue weighted by Gasteiger charge is 2.04. The zero-order chi connectivity index (χ0) is 11.8. The average molecular weight is 247 g/mol. The fourth-order valence-corrected chi connectivity index (χ4v) is 1.10. The molecule has 0 aliphatic heterocycles. The van der Waals surface area contributed by atoms with Gasteiger partial charge in [0.25, 0.3) is 0 Å². The summed E-state index contributed by atoms with van der Waals surface area (Å²) < 4.78 is 10.5. The Morgan fingerprint density at radius 2 is 2.00 bits per heavy atom. The van der Waals surface area contributed by atoms with Crippen molar-refractivity contribution in [2.75, 3.05) is 32.2 Å². The number of hydrogen-bond donors (Lipinski definition) is 1. The Kier molecular flexibility index (Phi) is 5.81. The highest BCUT2D eigenvalue weighted by Crippen LogP contribution is 2.10. The van der Waals surface area contributed by atoms with E-state index in [1.807, 2.05) is 6.92 Å². The smallest absolute Gasteiger partial charge is 0.322 e. The summed E-state index contributed by atoms with van der Waals surface area (Å²) in [6.07, 6.45) is 0.988. The van der Waals surface area contributed by atoms with Gasteiger partial charge in [-0.3, -0.25) is 0 Å². The van der Waals surface area contributed by atoms with E-state index < -0.39 is 0 Å². The van der Waals surface area contributed by atoms with Crippen molar-refractivity contribution in [3.8, 4) is 6.01 Å². The van der Waals surface area contributed by atoms with Gasteiger partial charge < -0.3 is 14.8 Å². The zero-order valence-corrected chi connectivity index (χ0v) is 10.1. The van der Waals surface area contributed by atoms with Crippen LogP contribution in [0.5, 0.6) is 6.01 Å². The number of halogens is 1. The summed E-state index contributed by atoms with van der Waals surface area (Å²) in [6, 6.07) is 0.199. The molecule has 6 nitrogen and oxygen atoms in total. The van der Waals surface area contributed by atoms with Gasteiger partial charge in [-0.05, 0) is 18.0 Å². The Morgan fingerprint density at radius 3 is 2.69 bits per heavy atom. The molecule has 0 atom stereocenters. The molecule has 0 bridgehead atoms. The van der Waals surface area contributed by atoms with Gasteiger partial charge in [0.2, 0.25) is 11.2 Å². The minimum Gasteiger partial charge on any atom is -0.461 e. The fourth-order valence-electron chi connectivity index (χ4n) is 0.947. The summed E-state index contributed by atoms with van der Waals surface area (Å²) >= 11 is 5.68. The molecule has 0 amide bonds. The van der Waals surface area contributed by atoms with Crippen molar-refractivity contribution in [1.82, 2.24) is 15.0 Å². The van der Waals surface area contributed by atoms with Crippen LogP contribution in [0.4, 0.5) is 5.95 Å². The number of anilines is 1. The molecule has 0 unspecified atom stereocenters. The van der Waals surface area contributed by atoms with Crippen LogP contribution in [0.15, 0.2) is 0 Å². The third-order valence-electron chi connectivity index (χ3n) is 1.62. The maximum absolute atomic E-state index is 5.68. The van der Waals surface area contributed by atoms with Crippen LogP contribution >= 0.6 is 11.6 Å². The Labute approximate surface area is 99.4 Å². The summed E-state index contributed by atoms with van der Waals surface area (Å²) in [5, 5.41) is 2.86. The number of ether oxygens (including phenoxy) is 2. The van der Waals surface area contributed by atoms with Crippen LogP contribution in [0.1, 0.15) is 13.3 Å². The van der Waals surface area contributed by atoms with E-state index in [1.54, 1.807) is 7.05 Å². The van der Waals surface area contributed by atoms with Crippen molar-refractivity contribution in [2.45, 2.75) is 13.3 Å². The first-order valence-corrected chi connectivity index (χ1v) is 5.44. The summed E-state index contributed by atoms with van der Waals surface area (Å²) in [6.45, 7) is 3.67. The molecule has 0 aromatic carbocycles. The highest BCUT2D eigenvalue weighted by atomic mass is 35.5. The van der Waals surface area contributed by atoms with Gasteiger partial charge in [0, 0.05) is 13.7 Å². The van der Waals surface area contributed by atoms with Crippen molar-refractivity contribution < 1.29 is 9.47 Å². The van der Waals surface area contributed by atoms with Gasteiger partial charge >= 0.3 is 6.01 Å². The lowest BCUT2D eigenvalue weighted by Gasteiger charge is -2.06. The van der Waals surface area contributed by atoms with Crippen LogP contribution in [0, 0.1) is 0 Å². The predicted molar refractivity (Wildman–Crippen MR) is 61.0 cm³/mol. The molecule has 0 spiro atoms. The van der Waals surface area contributed by atoms with E-state index >= 15 is 0 Å². The molecule has 7 heteroatoms. The van der Waals surface area contributed by atoms with E-state index in [2.05, 4.69) is 20.3 Å². The fraction of sp³-hybridized carbons (Fsp3) is 0.667. The summed E-state index contributed by atoms with van der Waals surface area (Å²) in [4.78, 5) is 11.6. The number of nitrogens with one attached hydrogen (secondary N) is 1. The monoisotopic (exact) mass is 246 g/mol. The standard InChI is InChI=1S/C9H15ClN4O2/c1-3-4-15-5-6-16-9-13-7(10)12-8(11-2)14-9/h3-6H2,1-2H3,(H,11,12,13,14). The Morgan fingerprint density at radius 1 is 1.19 bits per heavy atom. The Bertz CT molecular complexity index is 324. The molecular formula is C9H15ClN4O2. The minimum atomic E-state index is 0.101. The van der Waals surface area contributed by atoms with Gasteiger partial charge in [0.1, 0.15) is 6.61 Å². The van der Waals surface area contributed by atoms with Crippen molar-refractivity contribution in [3.63, 3.8) is 0 Å². The van der Waals surface area contributed by atoms with Gasteiger partial charge in [-0.15, -0.1) is 0 Å². The lowest BCUT2D eigenvalue weighted by molar-refractivity contribution is 0.0972. The van der Waals surface area contributed by atoms with Crippen LogP contribution in [-0.4, -0.2) is 41.8 Å². The van der Waals surface area contributed by atoms with Gasteiger partial charge in [-0.25, -0.2) is 0 Å². The Hall–Kier alpha value is -1.14. The van der Waals surface area contributed by atoms with Crippen LogP contribution in [0.2, 0.25) is 5.28 Å². The van der Waals surface area contributed by atoms with Crippen molar-refractivity contribution in [2.24, 2.45) is 0 Å². The van der Waals surface area contributed by atoms with Gasteiger partial charge in [-0.1, -0.05) is 6.92 Å². The molecule has 1 rings (SSSR count). The lowest BCUT2D eigenvalue weighted by Crippen LogP contribution is -2.10. The van der Waals surface area contributed by atoms with Crippen molar-refractivity contribution in [1.29, 1.82) is 0 Å². The normalized spacial score (nSPS) is 10.2. The third-order valence-corrected chi connectivity index (χ3v) is 1.79. The molecule has 1 N–H and O–H groups in total. The first kappa shape index (κ1) is 12.9. The number of nitrogens with zero attached hydrogens (tertiary/aromatic N) is 3. The molecule has 0 saturated heterocycles. The quantitative estimate of drug-likeness (QED) is 0.733. The van der Waals surface area contributed by atoms with E-state index in [-0.39, 0.29) is 11.3 Å². The van der Waals surface area contributed by atoms with Crippen LogP contribution in [0.3, 0.4) is 0 Å². The summed E-state index contributed by atoms with van der Waals surface area (Å²) in [7, 11) is 1.69. The highest BCUT2D eigenvalue weighted by molar-refractivity contribution is 6.28. The van der Waals surface area contributed by atoms with Crippen LogP contribution in [0.25, 0.3) is 0 Å². The van der Waals surface area contributed by atoms with Crippen LogP contribution in [-0.2, 0) is 4.74 Å². The Balaban J connectivity index is 2.38. The molecule has 1 aromatic rings. The second-order valence-corrected chi connectivity index (χ2v) is 3.26. The molecule has 0 aliphatic carbocycles. The molecular weight excluding hydrogens is 232 g/mol. The van der Waals surface area contributed by atoms with Gasteiger partial charge in [0.05, 0.1) is 6.61 Å². The largest absolute Gasteiger partial charge is 0.461 e. The molecule has 90 valence electrons. The van der Waals surface area contributed by atoms with Crippen LogP contribution < -0.4 is 10.1 Å². The first-order chi connectivity index (χ1) is 7.76. The molecule has 0 radical (unpaired) electrons. The third kappa shape index (κ3) is 4.59. The molecule has 0 saturated carbocycles. The number of hydrogen-bond acceptors (Lipinski definition) is 6. The first-order valence-electron chi connectivity index (χ1n) is 5.06. The maximum atomic E-state index is 5.68. The maximum Gasteiger partial charge on any atom is 0.322 e. The van der Waals surface area contributed by atoms with Crippen molar-refractivity contribution in [3.05, 3.63) is 5.28 Å². The predicted octanol–water partition coefficient (Wildman–Crippen LogP) is 1.37. The molecule has 1 aromatic heterocycles. The molecule has 1 heterocycles. The second kappa shape index (κ2) is 7.19. The lowest BCUT2D eigenvalue weighted by atomic mass is 10.5. The van der Waals surface area contributed by atoms with E-state index in [0.29, 0.717) is 19.2 Å². The van der Waals surface area contributed by atoms with E-state index in [9.17, 15) is 0 Å². The summed E-state index contributed by atoms with van der Waals surface area (Å²) in [5.74, 6) is 0.379. The zero-order valence-electron chi connectivity index (χ0n) is 9.36. The minimum absolute atomic E-state index is 0.101. The van der Waals surface area contributed by atoms with Crippen molar-refractivity contribution >= 4 is 17.5 Å². The van der Waals surface area contributed by atoms with E-state index in [0.717, 1.165) is 13.0 Å². The second-order valence-electron chi connectivity index (χ2n) is 2.92.